The number of Topliss-reactive ketones (excluding diaryl/α,β-unsaturated/α-hetero) is 1. The highest BCUT2D eigenvalue weighted by Crippen LogP contribution is 2.48. The fraction of sp³-hybridized carbons (Fsp3) is 0.545. The number of fused-ring (bicyclic) bond motifs is 1. The molecular formula is C44H53ClF3N9O5. The van der Waals surface area contributed by atoms with Gasteiger partial charge < -0.3 is 41.4 Å². The Bertz CT molecular complexity index is 2100. The minimum Gasteiger partial charge on any atom is -0.454 e. The summed E-state index contributed by atoms with van der Waals surface area (Å²) in [5, 5.41) is 19.8. The summed E-state index contributed by atoms with van der Waals surface area (Å²) in [5.41, 5.74) is 2.38. The first kappa shape index (κ1) is 43.5. The summed E-state index contributed by atoms with van der Waals surface area (Å²) < 4.78 is 49.9. The third-order valence-corrected chi connectivity index (χ3v) is 12.5. The molecule has 3 saturated carbocycles. The van der Waals surface area contributed by atoms with E-state index in [1.165, 1.54) is 12.8 Å². The molecule has 3 aromatic rings. The van der Waals surface area contributed by atoms with Gasteiger partial charge in [0.15, 0.2) is 12.7 Å². The summed E-state index contributed by atoms with van der Waals surface area (Å²) in [5.74, 6) is -0.935. The average Bonchev–Trinajstić information content (AvgIpc) is 4.17. The lowest BCUT2D eigenvalue weighted by atomic mass is 10.1. The van der Waals surface area contributed by atoms with Gasteiger partial charge in [0.1, 0.15) is 17.8 Å². The molecule has 5 aliphatic rings. The van der Waals surface area contributed by atoms with E-state index in [0.717, 1.165) is 88.3 Å². The Morgan fingerprint density at radius 3 is 2.13 bits per heavy atom. The number of aromatic nitrogens is 3. The maximum absolute atomic E-state index is 13.8. The van der Waals surface area contributed by atoms with Crippen LogP contribution in [0.4, 0.5) is 30.8 Å². The van der Waals surface area contributed by atoms with E-state index >= 15 is 0 Å². The number of alkyl halides is 3. The molecule has 1 aliphatic heterocycles. The molecule has 1 saturated heterocycles. The van der Waals surface area contributed by atoms with Gasteiger partial charge in [-0.1, -0.05) is 75.1 Å². The fourth-order valence-electron chi connectivity index (χ4n) is 8.61. The highest BCUT2D eigenvalue weighted by Gasteiger charge is 2.56. The number of hydrogen-bond acceptors (Lipinski definition) is 12. The summed E-state index contributed by atoms with van der Waals surface area (Å²) in [4.78, 5) is 53.3. The van der Waals surface area contributed by atoms with Crippen LogP contribution in [0.15, 0.2) is 59.9 Å². The molecule has 2 heterocycles. The molecule has 3 atom stereocenters. The van der Waals surface area contributed by atoms with Gasteiger partial charge in [-0.25, -0.2) is 0 Å². The first-order valence-corrected chi connectivity index (χ1v) is 22.2. The second-order valence-electron chi connectivity index (χ2n) is 17.0. The fourth-order valence-corrected chi connectivity index (χ4v) is 8.74. The zero-order chi connectivity index (χ0) is 43.3. The molecule has 4 fully saturated rings. The van der Waals surface area contributed by atoms with E-state index in [0.29, 0.717) is 16.4 Å². The molecule has 4 aliphatic carbocycles. The minimum absolute atomic E-state index is 0.0108. The number of benzene rings is 2. The maximum atomic E-state index is 13.8. The van der Waals surface area contributed by atoms with Gasteiger partial charge >= 0.3 is 12.2 Å². The molecule has 1 aromatic heterocycles. The average molecular weight is 880 g/mol. The SMILES string of the molecule is O=C(N[C@@H](CCNC1=C(NC2CCCCCC2)C2OC2C1=O)C(=O)NC1CCCCCC1)c1ccc(Nc2nc(NC3(c4ccc(Cl)cc4)CC3)nc(OCC(F)(F)F)n2)cc1. The lowest BCUT2D eigenvalue weighted by Crippen LogP contribution is -2.50. The minimum atomic E-state index is -4.62. The Morgan fingerprint density at radius 2 is 1.48 bits per heavy atom. The van der Waals surface area contributed by atoms with E-state index < -0.39 is 42.4 Å². The van der Waals surface area contributed by atoms with Crippen molar-refractivity contribution in [1.29, 1.82) is 0 Å². The number of amides is 2. The van der Waals surface area contributed by atoms with Crippen LogP contribution >= 0.6 is 11.6 Å². The van der Waals surface area contributed by atoms with Crippen molar-refractivity contribution in [3.8, 4) is 6.01 Å². The second kappa shape index (κ2) is 19.1. The van der Waals surface area contributed by atoms with Crippen molar-refractivity contribution in [3.05, 3.63) is 76.1 Å². The van der Waals surface area contributed by atoms with E-state index in [2.05, 4.69) is 46.9 Å². The van der Waals surface area contributed by atoms with Crippen molar-refractivity contribution in [2.45, 2.75) is 138 Å². The number of halogens is 4. The van der Waals surface area contributed by atoms with Crippen LogP contribution in [0.25, 0.3) is 0 Å². The van der Waals surface area contributed by atoms with E-state index in [-0.39, 0.29) is 60.3 Å². The number of carbonyl (C=O) groups is 3. The predicted molar refractivity (Wildman–Crippen MR) is 226 cm³/mol. The summed E-state index contributed by atoms with van der Waals surface area (Å²) in [7, 11) is 0. The molecule has 18 heteroatoms. The van der Waals surface area contributed by atoms with Crippen molar-refractivity contribution in [2.75, 3.05) is 23.8 Å². The normalized spacial score (nSPS) is 21.8. The highest BCUT2D eigenvalue weighted by molar-refractivity contribution is 6.30. The largest absolute Gasteiger partial charge is 0.454 e. The van der Waals surface area contributed by atoms with Crippen LogP contribution in [0, 0.1) is 0 Å². The number of carbonyl (C=O) groups excluding carboxylic acids is 3. The number of rotatable bonds is 17. The van der Waals surface area contributed by atoms with Crippen molar-refractivity contribution in [3.63, 3.8) is 0 Å². The second-order valence-corrected chi connectivity index (χ2v) is 17.4. The van der Waals surface area contributed by atoms with Gasteiger partial charge in [-0.3, -0.25) is 14.4 Å². The third kappa shape index (κ3) is 11.3. The van der Waals surface area contributed by atoms with E-state index in [1.54, 1.807) is 36.4 Å². The molecule has 14 nitrogen and oxygen atoms in total. The predicted octanol–water partition coefficient (Wildman–Crippen LogP) is 7.10. The van der Waals surface area contributed by atoms with Gasteiger partial charge in [-0.05, 0) is 86.9 Å². The molecule has 6 N–H and O–H groups in total. The Kier molecular flexibility index (Phi) is 13.4. The van der Waals surface area contributed by atoms with Crippen LogP contribution in [0.3, 0.4) is 0 Å². The summed E-state index contributed by atoms with van der Waals surface area (Å²) in [6, 6.07) is 12.4. The molecule has 0 bridgehead atoms. The van der Waals surface area contributed by atoms with E-state index in [9.17, 15) is 27.6 Å². The zero-order valence-corrected chi connectivity index (χ0v) is 35.2. The molecule has 332 valence electrons. The Hall–Kier alpha value is -5.16. The van der Waals surface area contributed by atoms with Gasteiger partial charge in [-0.15, -0.1) is 0 Å². The summed E-state index contributed by atoms with van der Waals surface area (Å²) in [6.45, 7) is -1.33. The number of ketones is 1. The van der Waals surface area contributed by atoms with Crippen LogP contribution in [0.2, 0.25) is 5.02 Å². The smallest absolute Gasteiger partial charge is 0.422 e. The maximum Gasteiger partial charge on any atom is 0.422 e. The first-order chi connectivity index (χ1) is 29.9. The van der Waals surface area contributed by atoms with Crippen LogP contribution in [0.1, 0.15) is 112 Å². The van der Waals surface area contributed by atoms with Gasteiger partial charge in [0.2, 0.25) is 23.6 Å². The lowest BCUT2D eigenvalue weighted by molar-refractivity contribution is -0.154. The van der Waals surface area contributed by atoms with Gasteiger partial charge in [0.05, 0.1) is 11.2 Å². The molecule has 0 spiro atoms. The number of nitrogens with zero attached hydrogens (tertiary/aromatic N) is 3. The lowest BCUT2D eigenvalue weighted by Gasteiger charge is -2.24. The molecule has 62 heavy (non-hydrogen) atoms. The van der Waals surface area contributed by atoms with E-state index in [4.69, 9.17) is 21.1 Å². The van der Waals surface area contributed by atoms with Gasteiger partial charge in [0, 0.05) is 34.9 Å². The number of nitrogens with one attached hydrogen (secondary N) is 6. The van der Waals surface area contributed by atoms with Crippen LogP contribution < -0.4 is 36.6 Å². The highest BCUT2D eigenvalue weighted by atomic mass is 35.5. The number of anilines is 3. The summed E-state index contributed by atoms with van der Waals surface area (Å²) in [6.07, 6.45) is 9.16. The van der Waals surface area contributed by atoms with Crippen molar-refractivity contribution in [2.24, 2.45) is 0 Å². The molecule has 2 unspecified atom stereocenters. The van der Waals surface area contributed by atoms with Crippen LogP contribution in [-0.2, 0) is 19.9 Å². The Morgan fingerprint density at radius 1 is 0.839 bits per heavy atom. The van der Waals surface area contributed by atoms with Gasteiger partial charge in [-0.2, -0.15) is 28.1 Å². The molecule has 0 radical (unpaired) electrons. The third-order valence-electron chi connectivity index (χ3n) is 12.2. The zero-order valence-electron chi connectivity index (χ0n) is 34.4. The van der Waals surface area contributed by atoms with Crippen LogP contribution in [0.5, 0.6) is 6.01 Å². The molecular weight excluding hydrogens is 827 g/mol. The standard InChI is InChI=1S/C44H53ClF3N9O5/c45-28-17-15-27(16-18-28)43(22-23-43)57-41-54-40(55-42(56-41)61-25-44(46,47)48)52-31-19-13-26(14-20-31)38(59)53-32(39(60)51-30-11-7-3-4-8-12-30)21-24-49-33-34(36-37(62-36)35(33)58)50-29-9-5-1-2-6-10-29/h13-20,29-30,32,36-37,49-50H,1-12,21-25H2,(H,51,60)(H,53,59)(H2,52,54,55,56,57)/t32-,36?,37?/m0/s1. The van der Waals surface area contributed by atoms with Gasteiger partial charge in [0.25, 0.3) is 5.91 Å². The Balaban J connectivity index is 0.940. The van der Waals surface area contributed by atoms with Crippen molar-refractivity contribution >= 4 is 46.8 Å². The monoisotopic (exact) mass is 879 g/mol. The number of hydrogen-bond donors (Lipinski definition) is 6. The summed E-state index contributed by atoms with van der Waals surface area (Å²) >= 11 is 6.08. The molecule has 2 amide bonds. The first-order valence-electron chi connectivity index (χ1n) is 21.8. The Labute approximate surface area is 363 Å². The quantitative estimate of drug-likeness (QED) is 0.0599. The topological polar surface area (TPSA) is 184 Å². The number of epoxide rings is 1. The number of ether oxygens (including phenoxy) is 2. The van der Waals surface area contributed by atoms with Crippen molar-refractivity contribution in [1.82, 2.24) is 36.2 Å². The molecule has 8 rings (SSSR count). The molecule has 2 aromatic carbocycles. The van der Waals surface area contributed by atoms with Crippen LogP contribution in [-0.4, -0.2) is 82.2 Å². The van der Waals surface area contributed by atoms with Crippen molar-refractivity contribution < 1.29 is 37.0 Å². The van der Waals surface area contributed by atoms with E-state index in [1.807, 2.05) is 12.1 Å².